The summed E-state index contributed by atoms with van der Waals surface area (Å²) in [7, 11) is -1.05. The van der Waals surface area contributed by atoms with Crippen LogP contribution in [0.15, 0.2) is 52.2 Å². The minimum absolute atomic E-state index is 0.254. The van der Waals surface area contributed by atoms with E-state index >= 15 is 4.39 Å². The predicted octanol–water partition coefficient (Wildman–Crippen LogP) is 5.90. The van der Waals surface area contributed by atoms with E-state index in [2.05, 4.69) is 10.7 Å². The molecule has 0 amide bonds. The average Bonchev–Trinajstić information content (AvgIpc) is 3.22. The lowest BCUT2D eigenvalue weighted by Crippen LogP contribution is -2.45. The number of aryl methyl sites for hydroxylation is 2. The zero-order valence-corrected chi connectivity index (χ0v) is 22.8. The molecule has 1 aromatic heterocycles. The summed E-state index contributed by atoms with van der Waals surface area (Å²) in [6, 6.07) is 14.0. The molecule has 5 rings (SSSR count). The van der Waals surface area contributed by atoms with Crippen molar-refractivity contribution in [3.63, 3.8) is 0 Å². The van der Waals surface area contributed by atoms with Gasteiger partial charge in [0, 0.05) is 20.1 Å². The van der Waals surface area contributed by atoms with Crippen molar-refractivity contribution in [2.45, 2.75) is 19.9 Å². The van der Waals surface area contributed by atoms with Crippen molar-refractivity contribution in [2.24, 2.45) is 9.74 Å². The Morgan fingerprint density at radius 1 is 1.14 bits per heavy atom. The van der Waals surface area contributed by atoms with Crippen molar-refractivity contribution in [2.75, 3.05) is 33.4 Å². The predicted molar refractivity (Wildman–Crippen MR) is 145 cm³/mol. The number of hydrogen-bond donors (Lipinski definition) is 0. The molecule has 0 saturated carbocycles. The Bertz CT molecular complexity index is 1460. The molecular weight excluding hydrogens is 535 g/mol. The molecule has 1 atom stereocenters. The summed E-state index contributed by atoms with van der Waals surface area (Å²) < 4.78 is 32.3. The van der Waals surface area contributed by atoms with Crippen LogP contribution in [0.1, 0.15) is 17.7 Å². The van der Waals surface area contributed by atoms with E-state index in [0.717, 1.165) is 11.0 Å². The zero-order valence-electron chi connectivity index (χ0n) is 20.4. The smallest absolute Gasteiger partial charge is 0.165 e. The molecule has 3 aromatic rings. The molecule has 8 nitrogen and oxygen atoms in total. The molecule has 1 unspecified atom stereocenters. The van der Waals surface area contributed by atoms with Gasteiger partial charge in [-0.3, -0.25) is 0 Å². The number of nitrogens with zero attached hydrogens (tertiary/aromatic N) is 7. The van der Waals surface area contributed by atoms with Crippen molar-refractivity contribution >= 4 is 53.2 Å². The zero-order chi connectivity index (χ0) is 26.2. The van der Waals surface area contributed by atoms with Crippen LogP contribution in [0, 0.1) is 24.1 Å². The van der Waals surface area contributed by atoms with Gasteiger partial charge in [-0.2, -0.15) is 10.4 Å². The first kappa shape index (κ1) is 25.9. The summed E-state index contributed by atoms with van der Waals surface area (Å²) in [5.74, 6) is 0.596. The molecule has 0 aliphatic carbocycles. The molecule has 0 radical (unpaired) electrons. The minimum atomic E-state index is -2.93. The summed E-state index contributed by atoms with van der Waals surface area (Å²) in [4.78, 5) is 4.95. The fraction of sp³-hybridized carbons (Fsp3) is 0.320. The second-order valence-electron chi connectivity index (χ2n) is 8.63. The quantitative estimate of drug-likeness (QED) is 0.364. The lowest BCUT2D eigenvalue weighted by atomic mass is 10.2. The third-order valence-electron chi connectivity index (χ3n) is 6.42. The molecule has 2 aliphatic heterocycles. The summed E-state index contributed by atoms with van der Waals surface area (Å²) in [5, 5.41) is 15.7. The van der Waals surface area contributed by atoms with Gasteiger partial charge in [0.05, 0.1) is 58.9 Å². The fourth-order valence-electron chi connectivity index (χ4n) is 4.73. The van der Waals surface area contributed by atoms with E-state index in [0.29, 0.717) is 65.8 Å². The Labute approximate surface area is 225 Å². The van der Waals surface area contributed by atoms with Gasteiger partial charge in [-0.05, 0) is 31.2 Å². The van der Waals surface area contributed by atoms with Gasteiger partial charge in [0.2, 0.25) is 0 Å². The summed E-state index contributed by atoms with van der Waals surface area (Å²) >= 11 is 13.3. The molecule has 2 aliphatic rings. The number of benzene rings is 2. The number of morpholine rings is 1. The number of ether oxygens (including phenoxy) is 1. The SMILES string of the molecule is Cc1nn(CCC#N)c2c1P(=Nc1c(Cl)cccc1Cl)(N1CCOCC1)N(C)C(c1ccccc1F)=N2. The Balaban J connectivity index is 1.90. The topological polar surface area (TPSA) is 82.0 Å². The summed E-state index contributed by atoms with van der Waals surface area (Å²) in [6.45, 7) is 4.49. The van der Waals surface area contributed by atoms with E-state index < -0.39 is 13.2 Å². The van der Waals surface area contributed by atoms with Gasteiger partial charge in [-0.25, -0.2) is 23.5 Å². The number of aliphatic imine (C=N–C) groups is 1. The molecule has 192 valence electrons. The average molecular weight is 560 g/mol. The van der Waals surface area contributed by atoms with E-state index in [1.807, 2.05) is 18.6 Å². The highest BCUT2D eigenvalue weighted by Crippen LogP contribution is 2.62. The van der Waals surface area contributed by atoms with Gasteiger partial charge in [0.25, 0.3) is 0 Å². The van der Waals surface area contributed by atoms with Crippen LogP contribution in [0.25, 0.3) is 0 Å². The lowest BCUT2D eigenvalue weighted by molar-refractivity contribution is 0.0732. The Morgan fingerprint density at radius 2 is 1.84 bits per heavy atom. The van der Waals surface area contributed by atoms with E-state index in [4.69, 9.17) is 42.8 Å². The van der Waals surface area contributed by atoms with E-state index in [-0.39, 0.29) is 6.42 Å². The summed E-state index contributed by atoms with van der Waals surface area (Å²) in [6.07, 6.45) is 0.254. The molecule has 1 fully saturated rings. The van der Waals surface area contributed by atoms with Gasteiger partial charge in [0.1, 0.15) is 17.3 Å². The van der Waals surface area contributed by atoms with Gasteiger partial charge in [0.15, 0.2) is 13.2 Å². The van der Waals surface area contributed by atoms with E-state index in [9.17, 15) is 5.26 Å². The van der Waals surface area contributed by atoms with Gasteiger partial charge < -0.3 is 9.41 Å². The maximum Gasteiger partial charge on any atom is 0.165 e. The second kappa shape index (κ2) is 10.6. The maximum atomic E-state index is 15.2. The molecule has 0 bridgehead atoms. The van der Waals surface area contributed by atoms with Crippen molar-refractivity contribution in [1.29, 1.82) is 5.26 Å². The van der Waals surface area contributed by atoms with Crippen LogP contribution in [-0.4, -0.2) is 58.3 Å². The normalized spacial score (nSPS) is 19.8. The van der Waals surface area contributed by atoms with Gasteiger partial charge in [-0.1, -0.05) is 41.4 Å². The number of rotatable bonds is 5. The molecule has 1 saturated heterocycles. The largest absolute Gasteiger partial charge is 0.379 e. The van der Waals surface area contributed by atoms with E-state index in [1.165, 1.54) is 6.07 Å². The first-order valence-corrected chi connectivity index (χ1v) is 14.2. The van der Waals surface area contributed by atoms with Crippen LogP contribution in [0.2, 0.25) is 10.0 Å². The van der Waals surface area contributed by atoms with Gasteiger partial charge in [-0.15, -0.1) is 0 Å². The standard InChI is InChI=1S/C25H25Cl2FN7OP/c1-17-23-25(35(31-17)12-6-11-29)30-24(18-7-3-4-10-21(18)28)33(2)37(23,34-13-15-36-16-14-34)32-22-19(26)8-5-9-20(22)27/h3-5,7-10H,6,12-16H2,1-2H3. The molecule has 2 aromatic carbocycles. The maximum absolute atomic E-state index is 15.2. The fourth-order valence-corrected chi connectivity index (χ4v) is 9.20. The van der Waals surface area contributed by atoms with Crippen LogP contribution < -0.4 is 5.30 Å². The first-order chi connectivity index (χ1) is 17.9. The Morgan fingerprint density at radius 3 is 2.51 bits per heavy atom. The number of aromatic nitrogens is 2. The number of hydrogen-bond acceptors (Lipinski definition) is 5. The number of amidine groups is 1. The number of fused-ring (bicyclic) bond motifs is 1. The van der Waals surface area contributed by atoms with Crippen molar-refractivity contribution in [3.8, 4) is 6.07 Å². The molecule has 0 N–H and O–H groups in total. The van der Waals surface area contributed by atoms with E-state index in [1.54, 1.807) is 41.1 Å². The minimum Gasteiger partial charge on any atom is -0.379 e. The van der Waals surface area contributed by atoms with Gasteiger partial charge >= 0.3 is 0 Å². The molecule has 0 spiro atoms. The van der Waals surface area contributed by atoms with Crippen molar-refractivity contribution < 1.29 is 9.13 Å². The van der Waals surface area contributed by atoms with Crippen LogP contribution >= 0.6 is 30.6 Å². The third-order valence-corrected chi connectivity index (χ3v) is 10.8. The number of nitriles is 1. The molecule has 37 heavy (non-hydrogen) atoms. The molecular formula is C25H25Cl2FN7OP. The van der Waals surface area contributed by atoms with Crippen molar-refractivity contribution in [1.82, 2.24) is 19.1 Å². The monoisotopic (exact) mass is 559 g/mol. The highest BCUT2D eigenvalue weighted by Gasteiger charge is 2.46. The van der Waals surface area contributed by atoms with Crippen LogP contribution in [0.4, 0.5) is 15.9 Å². The Hall–Kier alpha value is -2.73. The third kappa shape index (κ3) is 4.47. The summed E-state index contributed by atoms with van der Waals surface area (Å²) in [5.41, 5.74) is 1.55. The Kier molecular flexibility index (Phi) is 7.39. The molecule has 12 heteroatoms. The van der Waals surface area contributed by atoms with Crippen molar-refractivity contribution in [3.05, 3.63) is 69.6 Å². The van der Waals surface area contributed by atoms with Crippen LogP contribution in [0.5, 0.6) is 0 Å². The first-order valence-electron chi connectivity index (χ1n) is 11.8. The number of halogens is 3. The second-order valence-corrected chi connectivity index (χ2v) is 12.4. The molecule has 3 heterocycles. The van der Waals surface area contributed by atoms with Crippen LogP contribution in [0.3, 0.4) is 0 Å². The lowest BCUT2D eigenvalue weighted by Gasteiger charge is -2.46. The van der Waals surface area contributed by atoms with Crippen LogP contribution in [-0.2, 0) is 11.3 Å². The highest BCUT2D eigenvalue weighted by molar-refractivity contribution is 7.70. The highest BCUT2D eigenvalue weighted by atomic mass is 35.5.